The summed E-state index contributed by atoms with van der Waals surface area (Å²) in [5, 5.41) is 4.18. The number of rotatable bonds is 11. The number of Topliss-reactive ketones (excluding diaryl/α,β-unsaturated/α-hetero) is 1. The molecule has 0 aromatic heterocycles. The predicted octanol–water partition coefficient (Wildman–Crippen LogP) is 7.10. The quantitative estimate of drug-likeness (QED) is 0.265. The van der Waals surface area contributed by atoms with Gasteiger partial charge in [0.25, 0.3) is 0 Å². The molecule has 2 nitrogen and oxygen atoms in total. The zero-order chi connectivity index (χ0) is 21.2. The molecule has 0 saturated carbocycles. The summed E-state index contributed by atoms with van der Waals surface area (Å²) in [4.78, 5) is 12.5. The molecule has 3 aromatic rings. The van der Waals surface area contributed by atoms with Crippen LogP contribution in [0.1, 0.15) is 54.1 Å². The number of unbranched alkanes of at least 4 members (excludes halogenated alkanes) is 1. The molecule has 3 rings (SSSR count). The molecule has 3 aromatic carbocycles. The Balaban J connectivity index is 1.44. The number of carbonyl (C=O) groups is 1. The zero-order valence-corrected chi connectivity index (χ0v) is 18.4. The van der Waals surface area contributed by atoms with E-state index in [-0.39, 0.29) is 5.78 Å². The number of hydrogen-bond donors (Lipinski definition) is 1. The molecule has 0 aliphatic carbocycles. The summed E-state index contributed by atoms with van der Waals surface area (Å²) in [7, 11) is 0. The van der Waals surface area contributed by atoms with Gasteiger partial charge in [-0.25, -0.2) is 0 Å². The van der Waals surface area contributed by atoms with Crippen LogP contribution in [0.5, 0.6) is 0 Å². The lowest BCUT2D eigenvalue weighted by Crippen LogP contribution is -2.14. The first kappa shape index (κ1) is 22.3. The average Bonchev–Trinajstić information content (AvgIpc) is 2.78. The second kappa shape index (κ2) is 11.7. The Morgan fingerprint density at radius 3 is 2.03 bits per heavy atom. The van der Waals surface area contributed by atoms with Crippen molar-refractivity contribution in [3.8, 4) is 11.1 Å². The van der Waals surface area contributed by atoms with E-state index in [0.29, 0.717) is 6.42 Å². The van der Waals surface area contributed by atoms with Gasteiger partial charge in [-0.15, -0.1) is 0 Å². The number of ketones is 1. The van der Waals surface area contributed by atoms with E-state index in [4.69, 9.17) is 11.6 Å². The van der Waals surface area contributed by atoms with Crippen molar-refractivity contribution in [1.82, 2.24) is 5.32 Å². The van der Waals surface area contributed by atoms with Gasteiger partial charge in [0.05, 0.1) is 0 Å². The molecule has 0 bridgehead atoms. The fourth-order valence-corrected chi connectivity index (χ4v) is 3.57. The van der Waals surface area contributed by atoms with Gasteiger partial charge in [-0.3, -0.25) is 4.79 Å². The standard InChI is InChI=1S/C27H30ClNO/c1-2-3-19-29-20-22-9-13-25(14-10-22)27(30)6-4-5-21-7-11-23(12-8-21)24-15-17-26(28)18-16-24/h7-18,29H,2-6,19-20H2,1H3. The summed E-state index contributed by atoms with van der Waals surface area (Å²) >= 11 is 5.96. The van der Waals surface area contributed by atoms with Crippen molar-refractivity contribution >= 4 is 17.4 Å². The second-order valence-electron chi connectivity index (χ2n) is 7.71. The van der Waals surface area contributed by atoms with E-state index in [2.05, 4.69) is 48.6 Å². The van der Waals surface area contributed by atoms with Crippen molar-refractivity contribution < 1.29 is 4.79 Å². The van der Waals surface area contributed by atoms with Crippen LogP contribution in [0, 0.1) is 0 Å². The number of halogens is 1. The van der Waals surface area contributed by atoms with Crippen molar-refractivity contribution in [3.05, 3.63) is 94.5 Å². The third kappa shape index (κ3) is 6.83. The molecule has 0 fully saturated rings. The van der Waals surface area contributed by atoms with Crippen LogP contribution in [0.25, 0.3) is 11.1 Å². The van der Waals surface area contributed by atoms with Gasteiger partial charge in [-0.05, 0) is 60.2 Å². The van der Waals surface area contributed by atoms with Crippen LogP contribution < -0.4 is 5.32 Å². The topological polar surface area (TPSA) is 29.1 Å². The Morgan fingerprint density at radius 1 is 0.800 bits per heavy atom. The molecule has 30 heavy (non-hydrogen) atoms. The molecule has 156 valence electrons. The molecule has 0 aliphatic heterocycles. The molecule has 1 N–H and O–H groups in total. The molecular weight excluding hydrogens is 390 g/mol. The van der Waals surface area contributed by atoms with Gasteiger partial charge in [-0.1, -0.05) is 85.6 Å². The fourth-order valence-electron chi connectivity index (χ4n) is 3.45. The molecule has 0 atom stereocenters. The van der Waals surface area contributed by atoms with E-state index >= 15 is 0 Å². The molecule has 0 spiro atoms. The summed E-state index contributed by atoms with van der Waals surface area (Å²) in [6.07, 6.45) is 4.74. The van der Waals surface area contributed by atoms with Gasteiger partial charge < -0.3 is 5.32 Å². The van der Waals surface area contributed by atoms with Crippen LogP contribution in [-0.4, -0.2) is 12.3 Å². The number of hydrogen-bond acceptors (Lipinski definition) is 2. The van der Waals surface area contributed by atoms with E-state index in [1.165, 1.54) is 29.5 Å². The Bertz CT molecular complexity index is 915. The SMILES string of the molecule is CCCCNCc1ccc(C(=O)CCCc2ccc(-c3ccc(Cl)cc3)cc2)cc1. The van der Waals surface area contributed by atoms with Crippen molar-refractivity contribution in [2.75, 3.05) is 6.54 Å². The zero-order valence-electron chi connectivity index (χ0n) is 17.7. The molecule has 0 heterocycles. The summed E-state index contributed by atoms with van der Waals surface area (Å²) in [5.41, 5.74) is 5.63. The lowest BCUT2D eigenvalue weighted by Gasteiger charge is -2.07. The second-order valence-corrected chi connectivity index (χ2v) is 8.14. The van der Waals surface area contributed by atoms with Crippen LogP contribution in [0.15, 0.2) is 72.8 Å². The van der Waals surface area contributed by atoms with Crippen molar-refractivity contribution in [1.29, 1.82) is 0 Å². The lowest BCUT2D eigenvalue weighted by molar-refractivity contribution is 0.0980. The van der Waals surface area contributed by atoms with Crippen LogP contribution in [-0.2, 0) is 13.0 Å². The Morgan fingerprint density at radius 2 is 1.40 bits per heavy atom. The van der Waals surface area contributed by atoms with Crippen LogP contribution in [0.3, 0.4) is 0 Å². The first-order valence-electron chi connectivity index (χ1n) is 10.8. The van der Waals surface area contributed by atoms with E-state index in [1.54, 1.807) is 0 Å². The van der Waals surface area contributed by atoms with Crippen molar-refractivity contribution in [3.63, 3.8) is 0 Å². The van der Waals surface area contributed by atoms with Crippen LogP contribution in [0.4, 0.5) is 0 Å². The molecule has 3 heteroatoms. The molecule has 0 amide bonds. The Labute approximate surface area is 185 Å². The first-order valence-corrected chi connectivity index (χ1v) is 11.2. The molecule has 0 unspecified atom stereocenters. The summed E-state index contributed by atoms with van der Waals surface area (Å²) in [5.74, 6) is 0.221. The Kier molecular flexibility index (Phi) is 8.67. The van der Waals surface area contributed by atoms with Gasteiger partial charge in [0.1, 0.15) is 0 Å². The van der Waals surface area contributed by atoms with Crippen molar-refractivity contribution in [2.45, 2.75) is 45.6 Å². The number of aryl methyl sites for hydroxylation is 1. The average molecular weight is 420 g/mol. The summed E-state index contributed by atoms with van der Waals surface area (Å²) in [6.45, 7) is 4.09. The largest absolute Gasteiger partial charge is 0.313 e. The third-order valence-electron chi connectivity index (χ3n) is 5.31. The molecule has 0 saturated heterocycles. The van der Waals surface area contributed by atoms with Gasteiger partial charge in [-0.2, -0.15) is 0 Å². The molecule has 0 aliphatic rings. The minimum Gasteiger partial charge on any atom is -0.313 e. The number of nitrogens with one attached hydrogen (secondary N) is 1. The minimum atomic E-state index is 0.221. The van der Waals surface area contributed by atoms with Gasteiger partial charge >= 0.3 is 0 Å². The highest BCUT2D eigenvalue weighted by Gasteiger charge is 2.06. The Hall–Kier alpha value is -2.42. The third-order valence-corrected chi connectivity index (χ3v) is 5.56. The van der Waals surface area contributed by atoms with Gasteiger partial charge in [0.2, 0.25) is 0 Å². The van der Waals surface area contributed by atoms with E-state index in [1.807, 2.05) is 36.4 Å². The maximum Gasteiger partial charge on any atom is 0.162 e. The van der Waals surface area contributed by atoms with Crippen molar-refractivity contribution in [2.24, 2.45) is 0 Å². The minimum absolute atomic E-state index is 0.221. The van der Waals surface area contributed by atoms with E-state index in [9.17, 15) is 4.79 Å². The van der Waals surface area contributed by atoms with Crippen LogP contribution in [0.2, 0.25) is 5.02 Å². The highest BCUT2D eigenvalue weighted by Crippen LogP contribution is 2.22. The maximum absolute atomic E-state index is 12.5. The van der Waals surface area contributed by atoms with E-state index < -0.39 is 0 Å². The maximum atomic E-state index is 12.5. The van der Waals surface area contributed by atoms with Gasteiger partial charge in [0.15, 0.2) is 5.78 Å². The molecular formula is C27H30ClNO. The monoisotopic (exact) mass is 419 g/mol. The normalized spacial score (nSPS) is 10.9. The first-order chi connectivity index (χ1) is 14.7. The predicted molar refractivity (Wildman–Crippen MR) is 127 cm³/mol. The van der Waals surface area contributed by atoms with E-state index in [0.717, 1.165) is 42.1 Å². The fraction of sp³-hybridized carbons (Fsp3) is 0.296. The highest BCUT2D eigenvalue weighted by molar-refractivity contribution is 6.30. The smallest absolute Gasteiger partial charge is 0.162 e. The summed E-state index contributed by atoms with van der Waals surface area (Å²) < 4.78 is 0. The van der Waals surface area contributed by atoms with Gasteiger partial charge in [0, 0.05) is 23.6 Å². The number of benzene rings is 3. The summed E-state index contributed by atoms with van der Waals surface area (Å²) in [6, 6.07) is 24.5. The number of carbonyl (C=O) groups excluding carboxylic acids is 1. The highest BCUT2D eigenvalue weighted by atomic mass is 35.5. The lowest BCUT2D eigenvalue weighted by atomic mass is 9.99. The molecule has 0 radical (unpaired) electrons. The van der Waals surface area contributed by atoms with Crippen LogP contribution >= 0.6 is 11.6 Å².